The lowest BCUT2D eigenvalue weighted by molar-refractivity contribution is 0.0589. The summed E-state index contributed by atoms with van der Waals surface area (Å²) in [6.07, 6.45) is -0.374. The molecule has 0 aliphatic rings. The Morgan fingerprint density at radius 3 is 2.48 bits per heavy atom. The monoisotopic (exact) mass is 374 g/mol. The first kappa shape index (κ1) is 17.7. The summed E-state index contributed by atoms with van der Waals surface area (Å²) < 4.78 is 5.39. The Labute approximate surface area is 156 Å². The third kappa shape index (κ3) is 4.11. The highest BCUT2D eigenvalue weighted by atomic mass is 35.5. The van der Waals surface area contributed by atoms with Gasteiger partial charge in [0.05, 0.1) is 0 Å². The van der Waals surface area contributed by atoms with Crippen molar-refractivity contribution in [2.24, 2.45) is 0 Å². The number of aromatic nitrogens is 1. The number of carbonyl (C=O) groups is 1. The van der Waals surface area contributed by atoms with Gasteiger partial charge < -0.3 is 4.74 Å². The predicted octanol–water partition coefficient (Wildman–Crippen LogP) is 5.99. The van der Waals surface area contributed by atoms with Crippen LogP contribution in [0.2, 0.25) is 5.15 Å². The minimum Gasteiger partial charge on any atom is -0.443 e. The van der Waals surface area contributed by atoms with E-state index in [-0.39, 0.29) is 6.09 Å². The maximum atomic E-state index is 12.1. The largest absolute Gasteiger partial charge is 0.443 e. The predicted molar refractivity (Wildman–Crippen MR) is 105 cm³/mol. The van der Waals surface area contributed by atoms with E-state index < -0.39 is 5.60 Å². The highest BCUT2D eigenvalue weighted by Crippen LogP contribution is 2.34. The molecule has 0 saturated heterocycles. The van der Waals surface area contributed by atoms with Crippen molar-refractivity contribution < 1.29 is 9.53 Å². The standard InChI is InChI=1S/C19H19ClN2O2S/c1-19(2,3)24-18(23)22(4)14-8-5-12(6-9-14)15-11-13-7-10-16(20)21-17(13)25-15/h5-11H,1-4H3. The second-order valence-corrected chi connectivity index (χ2v) is 8.14. The molecule has 130 valence electrons. The number of hydrogen-bond acceptors (Lipinski definition) is 4. The molecular formula is C19H19ClN2O2S. The summed E-state index contributed by atoms with van der Waals surface area (Å²) in [6, 6.07) is 13.6. The number of hydrogen-bond donors (Lipinski definition) is 0. The first-order chi connectivity index (χ1) is 11.7. The minimum absolute atomic E-state index is 0.374. The molecule has 2 aromatic heterocycles. The molecule has 0 fully saturated rings. The van der Waals surface area contributed by atoms with Gasteiger partial charge in [-0.05, 0) is 56.7 Å². The number of ether oxygens (including phenoxy) is 1. The van der Waals surface area contributed by atoms with Crippen molar-refractivity contribution in [3.63, 3.8) is 0 Å². The van der Waals surface area contributed by atoms with E-state index in [4.69, 9.17) is 16.3 Å². The van der Waals surface area contributed by atoms with Crippen LogP contribution >= 0.6 is 22.9 Å². The highest BCUT2D eigenvalue weighted by Gasteiger charge is 2.20. The van der Waals surface area contributed by atoms with E-state index in [0.29, 0.717) is 5.15 Å². The van der Waals surface area contributed by atoms with Crippen LogP contribution < -0.4 is 4.90 Å². The Morgan fingerprint density at radius 2 is 1.84 bits per heavy atom. The van der Waals surface area contributed by atoms with Crippen molar-refractivity contribution >= 4 is 44.9 Å². The Morgan fingerprint density at radius 1 is 1.16 bits per heavy atom. The number of amides is 1. The van der Waals surface area contributed by atoms with Gasteiger partial charge in [0, 0.05) is 23.0 Å². The maximum absolute atomic E-state index is 12.1. The number of anilines is 1. The van der Waals surface area contributed by atoms with Gasteiger partial charge in [-0.1, -0.05) is 23.7 Å². The molecule has 0 atom stereocenters. The number of nitrogens with zero attached hydrogens (tertiary/aromatic N) is 2. The number of carbonyl (C=O) groups excluding carboxylic acids is 1. The zero-order valence-corrected chi connectivity index (χ0v) is 16.1. The van der Waals surface area contributed by atoms with Gasteiger partial charge >= 0.3 is 6.09 Å². The normalized spacial score (nSPS) is 11.6. The lowest BCUT2D eigenvalue weighted by Gasteiger charge is -2.24. The molecule has 1 amide bonds. The smallest absolute Gasteiger partial charge is 0.414 e. The summed E-state index contributed by atoms with van der Waals surface area (Å²) in [5.74, 6) is 0. The topological polar surface area (TPSA) is 42.4 Å². The lowest BCUT2D eigenvalue weighted by Crippen LogP contribution is -2.34. The Hall–Kier alpha value is -2.11. The quantitative estimate of drug-likeness (QED) is 0.517. The SMILES string of the molecule is CN(C(=O)OC(C)(C)C)c1ccc(-c2cc3ccc(Cl)nc3s2)cc1. The van der Waals surface area contributed by atoms with Gasteiger partial charge in [-0.15, -0.1) is 11.3 Å². The molecule has 0 aliphatic heterocycles. The zero-order chi connectivity index (χ0) is 18.2. The van der Waals surface area contributed by atoms with Crippen molar-refractivity contribution in [3.8, 4) is 10.4 Å². The summed E-state index contributed by atoms with van der Waals surface area (Å²) in [7, 11) is 1.70. The fourth-order valence-corrected chi connectivity index (χ4v) is 3.56. The van der Waals surface area contributed by atoms with E-state index >= 15 is 0 Å². The summed E-state index contributed by atoms with van der Waals surface area (Å²) in [6.45, 7) is 5.55. The summed E-state index contributed by atoms with van der Waals surface area (Å²) in [4.78, 5) is 20.0. The number of halogens is 1. The summed E-state index contributed by atoms with van der Waals surface area (Å²) >= 11 is 7.54. The van der Waals surface area contributed by atoms with Crippen LogP contribution in [-0.4, -0.2) is 23.7 Å². The second-order valence-electron chi connectivity index (χ2n) is 6.73. The Bertz CT molecular complexity index is 913. The number of pyridine rings is 1. The molecule has 0 aliphatic carbocycles. The van der Waals surface area contributed by atoms with E-state index in [1.165, 1.54) is 4.90 Å². The molecule has 1 aromatic carbocycles. The van der Waals surface area contributed by atoms with Crippen LogP contribution in [-0.2, 0) is 4.74 Å². The molecule has 6 heteroatoms. The summed E-state index contributed by atoms with van der Waals surface area (Å²) in [5, 5.41) is 1.56. The molecular weight excluding hydrogens is 356 g/mol. The van der Waals surface area contributed by atoms with Crippen LogP contribution in [0.1, 0.15) is 20.8 Å². The average molecular weight is 375 g/mol. The van der Waals surface area contributed by atoms with Gasteiger partial charge in [-0.2, -0.15) is 0 Å². The maximum Gasteiger partial charge on any atom is 0.414 e. The minimum atomic E-state index is -0.517. The zero-order valence-electron chi connectivity index (χ0n) is 14.5. The van der Waals surface area contributed by atoms with Gasteiger partial charge in [0.15, 0.2) is 0 Å². The molecule has 0 bridgehead atoms. The first-order valence-electron chi connectivity index (χ1n) is 7.86. The van der Waals surface area contributed by atoms with Gasteiger partial charge in [-0.25, -0.2) is 9.78 Å². The van der Waals surface area contributed by atoms with Gasteiger partial charge in [-0.3, -0.25) is 4.90 Å². The Kier molecular flexibility index (Phi) is 4.71. The van der Waals surface area contributed by atoms with Crippen molar-refractivity contribution in [3.05, 3.63) is 47.6 Å². The van der Waals surface area contributed by atoms with Gasteiger partial charge in [0.2, 0.25) is 0 Å². The molecule has 3 rings (SSSR count). The fraction of sp³-hybridized carbons (Fsp3) is 0.263. The molecule has 0 unspecified atom stereocenters. The Balaban J connectivity index is 1.82. The van der Waals surface area contributed by atoms with E-state index in [2.05, 4.69) is 11.1 Å². The molecule has 4 nitrogen and oxygen atoms in total. The van der Waals surface area contributed by atoms with E-state index in [9.17, 15) is 4.79 Å². The molecule has 0 N–H and O–H groups in total. The van der Waals surface area contributed by atoms with Crippen LogP contribution in [0.25, 0.3) is 20.7 Å². The highest BCUT2D eigenvalue weighted by molar-refractivity contribution is 7.21. The number of fused-ring (bicyclic) bond motifs is 1. The van der Waals surface area contributed by atoms with Gasteiger partial charge in [0.25, 0.3) is 0 Å². The summed E-state index contributed by atoms with van der Waals surface area (Å²) in [5.41, 5.74) is 1.33. The van der Waals surface area contributed by atoms with Crippen LogP contribution in [0, 0.1) is 0 Å². The van der Waals surface area contributed by atoms with Gasteiger partial charge in [0.1, 0.15) is 15.6 Å². The fourth-order valence-electron chi connectivity index (χ4n) is 2.32. The third-order valence-electron chi connectivity index (χ3n) is 3.56. The second kappa shape index (κ2) is 6.65. The van der Waals surface area contributed by atoms with E-state index in [1.54, 1.807) is 24.5 Å². The number of thiophene rings is 1. The molecule has 25 heavy (non-hydrogen) atoms. The van der Waals surface area contributed by atoms with E-state index in [0.717, 1.165) is 26.3 Å². The van der Waals surface area contributed by atoms with Crippen molar-refractivity contribution in [1.82, 2.24) is 4.98 Å². The third-order valence-corrected chi connectivity index (χ3v) is 4.86. The average Bonchev–Trinajstić information content (AvgIpc) is 2.95. The molecule has 2 heterocycles. The number of rotatable bonds is 2. The number of benzene rings is 1. The van der Waals surface area contributed by atoms with E-state index in [1.807, 2.05) is 51.1 Å². The van der Waals surface area contributed by atoms with Crippen molar-refractivity contribution in [2.45, 2.75) is 26.4 Å². The molecule has 0 radical (unpaired) electrons. The first-order valence-corrected chi connectivity index (χ1v) is 9.06. The van der Waals surface area contributed by atoms with Crippen LogP contribution in [0.4, 0.5) is 10.5 Å². The van der Waals surface area contributed by atoms with Crippen LogP contribution in [0.15, 0.2) is 42.5 Å². The molecule has 0 saturated carbocycles. The van der Waals surface area contributed by atoms with Crippen LogP contribution in [0.3, 0.4) is 0 Å². The van der Waals surface area contributed by atoms with Crippen molar-refractivity contribution in [1.29, 1.82) is 0 Å². The van der Waals surface area contributed by atoms with Crippen molar-refractivity contribution in [2.75, 3.05) is 11.9 Å². The van der Waals surface area contributed by atoms with Crippen LogP contribution in [0.5, 0.6) is 0 Å². The molecule has 3 aromatic rings. The molecule has 0 spiro atoms. The lowest BCUT2D eigenvalue weighted by atomic mass is 10.1.